The van der Waals surface area contributed by atoms with Gasteiger partial charge in [-0.05, 0) is 18.2 Å². The Morgan fingerprint density at radius 2 is 1.85 bits per heavy atom. The molecule has 0 aliphatic heterocycles. The minimum absolute atomic E-state index is 0.325. The highest BCUT2D eigenvalue weighted by molar-refractivity contribution is 6.31. The molecule has 20 heavy (non-hydrogen) atoms. The Bertz CT molecular complexity index is 857. The van der Waals surface area contributed by atoms with Crippen LogP contribution in [-0.4, -0.2) is 4.57 Å². The largest absolute Gasteiger partial charge is 0.708 e. The van der Waals surface area contributed by atoms with Crippen LogP contribution in [0.4, 0.5) is 0 Å². The van der Waals surface area contributed by atoms with Crippen LogP contribution in [0.1, 0.15) is 0 Å². The van der Waals surface area contributed by atoms with Crippen molar-refractivity contribution in [2.75, 3.05) is 0 Å². The summed E-state index contributed by atoms with van der Waals surface area (Å²) in [5.41, 5.74) is 1.07. The number of rotatable bonds is 1. The van der Waals surface area contributed by atoms with E-state index < -0.39 is 5.69 Å². The summed E-state index contributed by atoms with van der Waals surface area (Å²) < 4.78 is 1.74. The Morgan fingerprint density at radius 3 is 2.55 bits per heavy atom. The monoisotopic (exact) mass is 286 g/mol. The molecule has 3 aromatic rings. The molecule has 0 amide bonds. The normalized spacial score (nSPS) is 10.9. The molecule has 0 unspecified atom stereocenters. The van der Waals surface area contributed by atoms with Gasteiger partial charge in [0.15, 0.2) is 5.69 Å². The number of halogens is 1. The number of nitrogens with zero attached hydrogens (tertiary/aromatic N) is 2. The van der Waals surface area contributed by atoms with E-state index in [1.165, 1.54) is 4.57 Å². The van der Waals surface area contributed by atoms with Crippen LogP contribution in [0.2, 0.25) is 5.02 Å². The molecule has 4 nitrogen and oxygen atoms in total. The van der Waals surface area contributed by atoms with Crippen molar-refractivity contribution in [2.45, 2.75) is 0 Å². The first kappa shape index (κ1) is 12.7. The SMILES string of the molecule is Cn1c(=O)[n+]([O-])c(-c2ccccc2)c2cc(Cl)ccc21. The molecule has 100 valence electrons. The van der Waals surface area contributed by atoms with E-state index in [9.17, 15) is 10.0 Å². The van der Waals surface area contributed by atoms with Gasteiger partial charge >= 0.3 is 5.69 Å². The van der Waals surface area contributed by atoms with Crippen molar-refractivity contribution in [1.82, 2.24) is 4.57 Å². The lowest BCUT2D eigenvalue weighted by atomic mass is 10.1. The number of aromatic nitrogens is 2. The number of fused-ring (bicyclic) bond motifs is 1. The fourth-order valence-electron chi connectivity index (χ4n) is 2.30. The van der Waals surface area contributed by atoms with E-state index >= 15 is 0 Å². The molecule has 0 aliphatic carbocycles. The average Bonchev–Trinajstić information content (AvgIpc) is 2.46. The second kappa shape index (κ2) is 4.65. The second-order valence-corrected chi connectivity index (χ2v) is 4.95. The minimum atomic E-state index is -0.612. The van der Waals surface area contributed by atoms with Crippen LogP contribution in [0.5, 0.6) is 0 Å². The van der Waals surface area contributed by atoms with E-state index in [0.29, 0.717) is 31.9 Å². The zero-order valence-corrected chi connectivity index (χ0v) is 11.5. The van der Waals surface area contributed by atoms with E-state index in [-0.39, 0.29) is 0 Å². The second-order valence-electron chi connectivity index (χ2n) is 4.51. The zero-order chi connectivity index (χ0) is 14.3. The van der Waals surface area contributed by atoms with Crippen molar-refractivity contribution < 1.29 is 4.73 Å². The van der Waals surface area contributed by atoms with Crippen LogP contribution >= 0.6 is 11.6 Å². The highest BCUT2D eigenvalue weighted by Crippen LogP contribution is 2.26. The summed E-state index contributed by atoms with van der Waals surface area (Å²) in [7, 11) is 1.57. The fourth-order valence-corrected chi connectivity index (χ4v) is 2.48. The first-order valence-corrected chi connectivity index (χ1v) is 6.44. The lowest BCUT2D eigenvalue weighted by molar-refractivity contribution is -0.613. The molecule has 3 rings (SSSR count). The van der Waals surface area contributed by atoms with E-state index in [1.54, 1.807) is 37.4 Å². The summed E-state index contributed by atoms with van der Waals surface area (Å²) in [6.45, 7) is 0. The molecule has 0 N–H and O–H groups in total. The zero-order valence-electron chi connectivity index (χ0n) is 10.7. The van der Waals surface area contributed by atoms with Gasteiger partial charge in [-0.2, -0.15) is 14.1 Å². The van der Waals surface area contributed by atoms with Crippen LogP contribution in [0, 0.1) is 5.21 Å². The van der Waals surface area contributed by atoms with Gasteiger partial charge in [-0.3, -0.25) is 0 Å². The summed E-state index contributed by atoms with van der Waals surface area (Å²) in [5.74, 6) is 0. The third-order valence-corrected chi connectivity index (χ3v) is 3.52. The average molecular weight is 287 g/mol. The smallest absolute Gasteiger partial charge is 0.501 e. The molecular formula is C15H11ClN2O2. The maximum atomic E-state index is 12.3. The molecule has 0 fully saturated rings. The maximum absolute atomic E-state index is 12.3. The van der Waals surface area contributed by atoms with Crippen molar-refractivity contribution >= 4 is 22.5 Å². The van der Waals surface area contributed by atoms with Crippen LogP contribution in [0.15, 0.2) is 53.3 Å². The fraction of sp³-hybridized carbons (Fsp3) is 0.0667. The van der Waals surface area contributed by atoms with Crippen molar-refractivity contribution in [3.05, 3.63) is 69.2 Å². The molecule has 0 bridgehead atoms. The van der Waals surface area contributed by atoms with Gasteiger partial charge < -0.3 is 5.21 Å². The molecule has 0 aliphatic rings. The predicted octanol–water partition coefficient (Wildman–Crippen LogP) is 2.49. The first-order chi connectivity index (χ1) is 9.59. The van der Waals surface area contributed by atoms with Crippen LogP contribution in [0.25, 0.3) is 22.2 Å². The summed E-state index contributed by atoms with van der Waals surface area (Å²) in [6.07, 6.45) is 0. The van der Waals surface area contributed by atoms with E-state index in [0.717, 1.165) is 0 Å². The molecule has 0 saturated heterocycles. The highest BCUT2D eigenvalue weighted by atomic mass is 35.5. The van der Waals surface area contributed by atoms with Gasteiger partial charge in [0.05, 0.1) is 12.4 Å². The molecule has 2 aromatic carbocycles. The van der Waals surface area contributed by atoms with Crippen molar-refractivity contribution in [2.24, 2.45) is 7.05 Å². The molecular weight excluding hydrogens is 276 g/mol. The third kappa shape index (κ3) is 1.85. The van der Waals surface area contributed by atoms with E-state index in [1.807, 2.05) is 18.2 Å². The van der Waals surface area contributed by atoms with Gasteiger partial charge in [0, 0.05) is 10.6 Å². The van der Waals surface area contributed by atoms with Gasteiger partial charge in [0.25, 0.3) is 0 Å². The summed E-state index contributed by atoms with van der Waals surface area (Å²) in [6, 6.07) is 14.2. The first-order valence-electron chi connectivity index (χ1n) is 6.07. The van der Waals surface area contributed by atoms with Crippen molar-refractivity contribution in [1.29, 1.82) is 0 Å². The standard InChI is InChI=1S/C15H11ClN2O2/c1-17-13-8-7-11(16)9-12(13)14(18(20)15(17)19)10-5-3-2-4-6-10/h2-9H,1H3. The molecule has 1 aromatic heterocycles. The number of hydrogen-bond acceptors (Lipinski definition) is 2. The van der Waals surface area contributed by atoms with E-state index in [2.05, 4.69) is 0 Å². The van der Waals surface area contributed by atoms with Gasteiger partial charge in [0.2, 0.25) is 0 Å². The van der Waals surface area contributed by atoms with E-state index in [4.69, 9.17) is 11.6 Å². The summed E-state index contributed by atoms with van der Waals surface area (Å²) in [4.78, 5) is 12.0. The number of benzene rings is 2. The molecule has 5 heteroatoms. The summed E-state index contributed by atoms with van der Waals surface area (Å²) in [5, 5.41) is 13.4. The van der Waals surface area contributed by atoms with Gasteiger partial charge in [-0.15, -0.1) is 0 Å². The minimum Gasteiger partial charge on any atom is -0.708 e. The van der Waals surface area contributed by atoms with Gasteiger partial charge in [0.1, 0.15) is 5.52 Å². The Hall–Kier alpha value is -2.33. The third-order valence-electron chi connectivity index (χ3n) is 3.29. The molecule has 1 heterocycles. The molecule has 0 radical (unpaired) electrons. The van der Waals surface area contributed by atoms with Crippen LogP contribution < -0.4 is 10.4 Å². The lowest BCUT2D eigenvalue weighted by Crippen LogP contribution is -2.51. The molecule has 0 spiro atoms. The Balaban J connectivity index is 2.53. The van der Waals surface area contributed by atoms with Crippen LogP contribution in [0.3, 0.4) is 0 Å². The van der Waals surface area contributed by atoms with Crippen molar-refractivity contribution in [3.8, 4) is 11.3 Å². The topological polar surface area (TPSA) is 48.9 Å². The Morgan fingerprint density at radius 1 is 1.15 bits per heavy atom. The van der Waals surface area contributed by atoms with Crippen molar-refractivity contribution in [3.63, 3.8) is 0 Å². The van der Waals surface area contributed by atoms with Crippen LogP contribution in [-0.2, 0) is 7.05 Å². The highest BCUT2D eigenvalue weighted by Gasteiger charge is 2.18. The number of hydrogen-bond donors (Lipinski definition) is 0. The Labute approximate surface area is 120 Å². The summed E-state index contributed by atoms with van der Waals surface area (Å²) >= 11 is 6.02. The Kier molecular flexibility index (Phi) is 2.95. The quantitative estimate of drug-likeness (QED) is 0.510. The number of aryl methyl sites for hydroxylation is 1. The lowest BCUT2D eigenvalue weighted by Gasteiger charge is -2.12. The van der Waals surface area contributed by atoms with Gasteiger partial charge in [-0.25, -0.2) is 0 Å². The van der Waals surface area contributed by atoms with Gasteiger partial charge in [-0.1, -0.05) is 41.9 Å². The maximum Gasteiger partial charge on any atom is 0.501 e. The molecule has 0 saturated carbocycles. The molecule has 0 atom stereocenters. The predicted molar refractivity (Wildman–Crippen MR) is 78.6 cm³/mol.